The first-order valence-corrected chi connectivity index (χ1v) is 6.12. The fourth-order valence-corrected chi connectivity index (χ4v) is 1.50. The maximum atomic E-state index is 11.5. The Hall–Kier alpha value is -0.790. The Labute approximate surface area is 93.7 Å². The number of esters is 1. The predicted molar refractivity (Wildman–Crippen MR) is 63.8 cm³/mol. The van der Waals surface area contributed by atoms with E-state index in [1.54, 1.807) is 0 Å². The SMILES string of the molecule is CC/C=C(/CCCCCC)C(=O)OCC. The highest BCUT2D eigenvalue weighted by atomic mass is 16.5. The first-order valence-electron chi connectivity index (χ1n) is 6.12. The van der Waals surface area contributed by atoms with E-state index in [2.05, 4.69) is 6.92 Å². The summed E-state index contributed by atoms with van der Waals surface area (Å²) in [4.78, 5) is 11.5. The molecule has 0 radical (unpaired) electrons. The minimum absolute atomic E-state index is 0.129. The summed E-state index contributed by atoms with van der Waals surface area (Å²) in [6, 6.07) is 0. The van der Waals surface area contributed by atoms with E-state index in [0.717, 1.165) is 24.8 Å². The number of hydrogen-bond acceptors (Lipinski definition) is 2. The van der Waals surface area contributed by atoms with E-state index in [0.29, 0.717) is 6.61 Å². The van der Waals surface area contributed by atoms with Gasteiger partial charge in [-0.05, 0) is 26.2 Å². The number of unbranched alkanes of at least 4 members (excludes halogenated alkanes) is 3. The lowest BCUT2D eigenvalue weighted by molar-refractivity contribution is -0.138. The van der Waals surface area contributed by atoms with Gasteiger partial charge in [0.2, 0.25) is 0 Å². The summed E-state index contributed by atoms with van der Waals surface area (Å²) in [5.74, 6) is -0.129. The van der Waals surface area contributed by atoms with Crippen molar-refractivity contribution >= 4 is 5.97 Å². The monoisotopic (exact) mass is 212 g/mol. The fourth-order valence-electron chi connectivity index (χ4n) is 1.50. The smallest absolute Gasteiger partial charge is 0.333 e. The van der Waals surface area contributed by atoms with Crippen molar-refractivity contribution in [3.63, 3.8) is 0 Å². The summed E-state index contributed by atoms with van der Waals surface area (Å²) in [5, 5.41) is 0. The summed E-state index contributed by atoms with van der Waals surface area (Å²) < 4.78 is 5.01. The van der Waals surface area contributed by atoms with E-state index in [1.165, 1.54) is 19.3 Å². The zero-order valence-electron chi connectivity index (χ0n) is 10.3. The number of ether oxygens (including phenoxy) is 1. The lowest BCUT2D eigenvalue weighted by Gasteiger charge is -2.06. The van der Waals surface area contributed by atoms with E-state index < -0.39 is 0 Å². The van der Waals surface area contributed by atoms with Crippen molar-refractivity contribution in [2.24, 2.45) is 0 Å². The zero-order chi connectivity index (χ0) is 11.5. The van der Waals surface area contributed by atoms with E-state index in [-0.39, 0.29) is 5.97 Å². The molecule has 0 saturated heterocycles. The van der Waals surface area contributed by atoms with Crippen LogP contribution >= 0.6 is 0 Å². The topological polar surface area (TPSA) is 26.3 Å². The van der Waals surface area contributed by atoms with Gasteiger partial charge in [-0.3, -0.25) is 0 Å². The third-order valence-electron chi connectivity index (χ3n) is 2.29. The van der Waals surface area contributed by atoms with Crippen molar-refractivity contribution in [2.75, 3.05) is 6.61 Å². The Morgan fingerprint density at radius 2 is 1.87 bits per heavy atom. The molecule has 88 valence electrons. The van der Waals surface area contributed by atoms with Crippen LogP contribution in [0.2, 0.25) is 0 Å². The van der Waals surface area contributed by atoms with Crippen LogP contribution in [0.25, 0.3) is 0 Å². The molecule has 0 rings (SSSR count). The fraction of sp³-hybridized carbons (Fsp3) is 0.769. The first-order chi connectivity index (χ1) is 7.26. The van der Waals surface area contributed by atoms with Crippen LogP contribution in [-0.2, 0) is 9.53 Å². The van der Waals surface area contributed by atoms with Gasteiger partial charge in [-0.15, -0.1) is 0 Å². The Balaban J connectivity index is 3.94. The second kappa shape index (κ2) is 9.75. The van der Waals surface area contributed by atoms with Crippen LogP contribution in [0.5, 0.6) is 0 Å². The molecule has 0 aliphatic heterocycles. The molecule has 0 aromatic carbocycles. The van der Waals surface area contributed by atoms with Crippen molar-refractivity contribution < 1.29 is 9.53 Å². The molecule has 15 heavy (non-hydrogen) atoms. The largest absolute Gasteiger partial charge is 0.463 e. The van der Waals surface area contributed by atoms with E-state index >= 15 is 0 Å². The predicted octanol–water partition coefficient (Wildman–Crippen LogP) is 3.86. The molecule has 0 atom stereocenters. The molecule has 0 fully saturated rings. The first kappa shape index (κ1) is 14.2. The molecule has 0 spiro atoms. The van der Waals surface area contributed by atoms with E-state index in [4.69, 9.17) is 4.74 Å². The Bertz CT molecular complexity index is 195. The molecule has 0 unspecified atom stereocenters. The van der Waals surface area contributed by atoms with Crippen molar-refractivity contribution in [3.8, 4) is 0 Å². The number of carbonyl (C=O) groups excluding carboxylic acids is 1. The summed E-state index contributed by atoms with van der Waals surface area (Å²) in [7, 11) is 0. The molecule has 0 heterocycles. The van der Waals surface area contributed by atoms with Gasteiger partial charge >= 0.3 is 5.97 Å². The van der Waals surface area contributed by atoms with Crippen LogP contribution in [0.4, 0.5) is 0 Å². The standard InChI is InChI=1S/C13H24O2/c1-4-7-8-9-11-12(10-5-2)13(14)15-6-3/h10H,4-9,11H2,1-3H3/b12-10-. The summed E-state index contributed by atoms with van der Waals surface area (Å²) in [6.07, 6.45) is 8.54. The maximum absolute atomic E-state index is 11.5. The lowest BCUT2D eigenvalue weighted by atomic mass is 10.1. The van der Waals surface area contributed by atoms with Gasteiger partial charge < -0.3 is 4.74 Å². The van der Waals surface area contributed by atoms with Gasteiger partial charge in [-0.1, -0.05) is 39.2 Å². The number of carbonyl (C=O) groups is 1. The number of rotatable bonds is 8. The Morgan fingerprint density at radius 3 is 2.40 bits per heavy atom. The van der Waals surface area contributed by atoms with Crippen LogP contribution in [0, 0.1) is 0 Å². The van der Waals surface area contributed by atoms with Gasteiger partial charge in [0.1, 0.15) is 0 Å². The van der Waals surface area contributed by atoms with Gasteiger partial charge in [0.05, 0.1) is 6.61 Å². The average molecular weight is 212 g/mol. The molecule has 0 aliphatic rings. The molecule has 0 saturated carbocycles. The molecular formula is C13H24O2. The minimum Gasteiger partial charge on any atom is -0.463 e. The number of hydrogen-bond donors (Lipinski definition) is 0. The molecular weight excluding hydrogens is 188 g/mol. The maximum Gasteiger partial charge on any atom is 0.333 e. The third kappa shape index (κ3) is 7.18. The molecule has 2 nitrogen and oxygen atoms in total. The molecule has 0 aromatic heterocycles. The summed E-state index contributed by atoms with van der Waals surface area (Å²) in [5.41, 5.74) is 0.857. The highest BCUT2D eigenvalue weighted by Crippen LogP contribution is 2.12. The van der Waals surface area contributed by atoms with Gasteiger partial charge in [0.15, 0.2) is 0 Å². The summed E-state index contributed by atoms with van der Waals surface area (Å²) in [6.45, 7) is 6.55. The van der Waals surface area contributed by atoms with Crippen LogP contribution in [-0.4, -0.2) is 12.6 Å². The van der Waals surface area contributed by atoms with Gasteiger partial charge in [-0.2, -0.15) is 0 Å². The summed E-state index contributed by atoms with van der Waals surface area (Å²) >= 11 is 0. The number of allylic oxidation sites excluding steroid dienone is 1. The second-order valence-corrected chi connectivity index (χ2v) is 3.67. The Morgan fingerprint density at radius 1 is 1.13 bits per heavy atom. The van der Waals surface area contributed by atoms with Crippen molar-refractivity contribution in [3.05, 3.63) is 11.6 Å². The van der Waals surface area contributed by atoms with E-state index in [9.17, 15) is 4.79 Å². The van der Waals surface area contributed by atoms with Crippen LogP contribution in [0.15, 0.2) is 11.6 Å². The normalized spacial score (nSPS) is 11.5. The lowest BCUT2D eigenvalue weighted by Crippen LogP contribution is -2.07. The van der Waals surface area contributed by atoms with Crippen LogP contribution in [0.3, 0.4) is 0 Å². The highest BCUT2D eigenvalue weighted by Gasteiger charge is 2.08. The van der Waals surface area contributed by atoms with Gasteiger partial charge in [0, 0.05) is 5.57 Å². The minimum atomic E-state index is -0.129. The zero-order valence-corrected chi connectivity index (χ0v) is 10.3. The third-order valence-corrected chi connectivity index (χ3v) is 2.29. The van der Waals surface area contributed by atoms with Crippen molar-refractivity contribution in [1.29, 1.82) is 0 Å². The molecule has 2 heteroatoms. The van der Waals surface area contributed by atoms with Crippen LogP contribution < -0.4 is 0 Å². The molecule has 0 bridgehead atoms. The van der Waals surface area contributed by atoms with Crippen molar-refractivity contribution in [1.82, 2.24) is 0 Å². The highest BCUT2D eigenvalue weighted by molar-refractivity contribution is 5.88. The molecule has 0 aromatic rings. The molecule has 0 aliphatic carbocycles. The molecule has 0 N–H and O–H groups in total. The van der Waals surface area contributed by atoms with Crippen molar-refractivity contribution in [2.45, 2.75) is 59.3 Å². The van der Waals surface area contributed by atoms with E-state index in [1.807, 2.05) is 19.9 Å². The quantitative estimate of drug-likeness (QED) is 0.347. The van der Waals surface area contributed by atoms with Crippen LogP contribution in [0.1, 0.15) is 59.3 Å². The second-order valence-electron chi connectivity index (χ2n) is 3.67. The Kier molecular flexibility index (Phi) is 9.24. The van der Waals surface area contributed by atoms with Gasteiger partial charge in [0.25, 0.3) is 0 Å². The average Bonchev–Trinajstić information content (AvgIpc) is 2.23. The van der Waals surface area contributed by atoms with Gasteiger partial charge in [-0.25, -0.2) is 4.79 Å². The molecule has 0 amide bonds.